The van der Waals surface area contributed by atoms with Crippen molar-refractivity contribution in [1.82, 2.24) is 0 Å². The van der Waals surface area contributed by atoms with Crippen LogP contribution in [0, 0.1) is 0 Å². The van der Waals surface area contributed by atoms with E-state index in [1.54, 1.807) is 6.07 Å². The fraction of sp³-hybridized carbons (Fsp3) is 0.294. The summed E-state index contributed by atoms with van der Waals surface area (Å²) in [5.74, 6) is 0.358. The molecule has 0 unspecified atom stereocenters. The van der Waals surface area contributed by atoms with Crippen LogP contribution in [0.5, 0.6) is 0 Å². The molecule has 0 aromatic heterocycles. The molecule has 0 radical (unpaired) electrons. The standard InChI is InChI=1S/C17H17F3/c1-12(2)16-9-4-3-7-14(16)10-13-6-5-8-15(11-13)17(18,19)20/h3-9,11-12H,10H2,1-2H3. The maximum Gasteiger partial charge on any atom is 0.416 e. The summed E-state index contributed by atoms with van der Waals surface area (Å²) in [5, 5.41) is 0. The Kier molecular flexibility index (Phi) is 4.17. The molecule has 106 valence electrons. The van der Waals surface area contributed by atoms with Crippen LogP contribution in [0.3, 0.4) is 0 Å². The molecule has 0 heterocycles. The molecule has 0 aliphatic heterocycles. The molecule has 0 atom stereocenters. The maximum atomic E-state index is 12.7. The number of rotatable bonds is 3. The molecule has 20 heavy (non-hydrogen) atoms. The minimum atomic E-state index is -4.28. The molecule has 0 spiro atoms. The van der Waals surface area contributed by atoms with Crippen molar-refractivity contribution in [3.8, 4) is 0 Å². The Labute approximate surface area is 117 Å². The highest BCUT2D eigenvalue weighted by atomic mass is 19.4. The van der Waals surface area contributed by atoms with Gasteiger partial charge in [0, 0.05) is 0 Å². The van der Waals surface area contributed by atoms with Gasteiger partial charge in [-0.2, -0.15) is 13.2 Å². The Morgan fingerprint density at radius 2 is 1.65 bits per heavy atom. The van der Waals surface area contributed by atoms with Gasteiger partial charge in [-0.3, -0.25) is 0 Å². The summed E-state index contributed by atoms with van der Waals surface area (Å²) in [6.07, 6.45) is -3.76. The van der Waals surface area contributed by atoms with Crippen LogP contribution in [0.2, 0.25) is 0 Å². The molecule has 0 nitrogen and oxygen atoms in total. The first-order chi connectivity index (χ1) is 9.38. The van der Waals surface area contributed by atoms with Gasteiger partial charge < -0.3 is 0 Å². The third kappa shape index (κ3) is 3.41. The maximum absolute atomic E-state index is 12.7. The van der Waals surface area contributed by atoms with Crippen LogP contribution < -0.4 is 0 Å². The molecule has 0 N–H and O–H groups in total. The second-order valence-electron chi connectivity index (χ2n) is 5.23. The number of benzene rings is 2. The minimum absolute atomic E-state index is 0.358. The molecule has 3 heteroatoms. The molecule has 2 aromatic carbocycles. The van der Waals surface area contributed by atoms with Crippen molar-refractivity contribution >= 4 is 0 Å². The van der Waals surface area contributed by atoms with Crippen molar-refractivity contribution in [3.63, 3.8) is 0 Å². The van der Waals surface area contributed by atoms with Gasteiger partial charge in [-0.15, -0.1) is 0 Å². The SMILES string of the molecule is CC(C)c1ccccc1Cc1cccc(C(F)(F)F)c1. The summed E-state index contributed by atoms with van der Waals surface area (Å²) in [4.78, 5) is 0. The summed E-state index contributed by atoms with van der Waals surface area (Å²) in [5.41, 5.74) is 2.37. The first kappa shape index (κ1) is 14.6. The molecular formula is C17H17F3. The highest BCUT2D eigenvalue weighted by Crippen LogP contribution is 2.30. The van der Waals surface area contributed by atoms with Crippen molar-refractivity contribution in [1.29, 1.82) is 0 Å². The molecule has 2 aromatic rings. The van der Waals surface area contributed by atoms with Gasteiger partial charge in [-0.05, 0) is 35.1 Å². The number of hydrogen-bond acceptors (Lipinski definition) is 0. The molecule has 0 saturated carbocycles. The van der Waals surface area contributed by atoms with Gasteiger partial charge in [-0.1, -0.05) is 56.3 Å². The van der Waals surface area contributed by atoms with Crippen LogP contribution in [0.25, 0.3) is 0 Å². The fourth-order valence-electron chi connectivity index (χ4n) is 2.34. The van der Waals surface area contributed by atoms with Crippen LogP contribution >= 0.6 is 0 Å². The first-order valence-electron chi connectivity index (χ1n) is 6.62. The smallest absolute Gasteiger partial charge is 0.166 e. The zero-order chi connectivity index (χ0) is 14.8. The van der Waals surface area contributed by atoms with Crippen molar-refractivity contribution in [2.45, 2.75) is 32.4 Å². The zero-order valence-electron chi connectivity index (χ0n) is 11.5. The highest BCUT2D eigenvalue weighted by Gasteiger charge is 2.30. The third-order valence-corrected chi connectivity index (χ3v) is 3.33. The van der Waals surface area contributed by atoms with Crippen LogP contribution in [0.15, 0.2) is 48.5 Å². The average Bonchev–Trinajstić information content (AvgIpc) is 2.38. The molecule has 0 aliphatic rings. The van der Waals surface area contributed by atoms with E-state index >= 15 is 0 Å². The predicted molar refractivity (Wildman–Crippen MR) is 74.8 cm³/mol. The zero-order valence-corrected chi connectivity index (χ0v) is 11.5. The lowest BCUT2D eigenvalue weighted by Gasteiger charge is -2.13. The van der Waals surface area contributed by atoms with Crippen molar-refractivity contribution in [3.05, 3.63) is 70.8 Å². The van der Waals surface area contributed by atoms with Gasteiger partial charge in [-0.25, -0.2) is 0 Å². The topological polar surface area (TPSA) is 0 Å². The molecule has 0 amide bonds. The Hall–Kier alpha value is -1.77. The second-order valence-corrected chi connectivity index (χ2v) is 5.23. The minimum Gasteiger partial charge on any atom is -0.166 e. The van der Waals surface area contributed by atoms with Crippen LogP contribution in [-0.2, 0) is 12.6 Å². The van der Waals surface area contributed by atoms with E-state index in [0.717, 1.165) is 11.6 Å². The van der Waals surface area contributed by atoms with Crippen LogP contribution in [-0.4, -0.2) is 0 Å². The summed E-state index contributed by atoms with van der Waals surface area (Å²) >= 11 is 0. The van der Waals surface area contributed by atoms with E-state index in [4.69, 9.17) is 0 Å². The highest BCUT2D eigenvalue weighted by molar-refractivity contribution is 5.36. The van der Waals surface area contributed by atoms with Crippen LogP contribution in [0.4, 0.5) is 13.2 Å². The molecule has 0 fully saturated rings. The number of hydrogen-bond donors (Lipinski definition) is 0. The average molecular weight is 278 g/mol. The first-order valence-corrected chi connectivity index (χ1v) is 6.62. The summed E-state index contributed by atoms with van der Waals surface area (Å²) in [7, 11) is 0. The van der Waals surface area contributed by atoms with Gasteiger partial charge in [0.25, 0.3) is 0 Å². The second kappa shape index (κ2) is 5.70. The van der Waals surface area contributed by atoms with Gasteiger partial charge in [0.1, 0.15) is 0 Å². The summed E-state index contributed by atoms with van der Waals surface area (Å²) < 4.78 is 38.1. The van der Waals surface area contributed by atoms with E-state index in [0.29, 0.717) is 17.9 Å². The van der Waals surface area contributed by atoms with E-state index in [1.165, 1.54) is 17.7 Å². The van der Waals surface area contributed by atoms with Gasteiger partial charge in [0.15, 0.2) is 0 Å². The Balaban J connectivity index is 2.31. The predicted octanol–water partition coefficient (Wildman–Crippen LogP) is 5.42. The Morgan fingerprint density at radius 3 is 2.30 bits per heavy atom. The van der Waals surface area contributed by atoms with Gasteiger partial charge >= 0.3 is 6.18 Å². The molecule has 2 rings (SSSR count). The molecule has 0 saturated heterocycles. The molecule has 0 bridgehead atoms. The van der Waals surface area contributed by atoms with Crippen LogP contribution in [0.1, 0.15) is 42.0 Å². The lowest BCUT2D eigenvalue weighted by molar-refractivity contribution is -0.137. The molecule has 0 aliphatic carbocycles. The largest absolute Gasteiger partial charge is 0.416 e. The lowest BCUT2D eigenvalue weighted by Crippen LogP contribution is -2.05. The lowest BCUT2D eigenvalue weighted by atomic mass is 9.92. The van der Waals surface area contributed by atoms with E-state index in [9.17, 15) is 13.2 Å². The Morgan fingerprint density at radius 1 is 0.950 bits per heavy atom. The molecular weight excluding hydrogens is 261 g/mol. The summed E-state index contributed by atoms with van der Waals surface area (Å²) in [6.45, 7) is 4.18. The van der Waals surface area contributed by atoms with E-state index in [-0.39, 0.29) is 0 Å². The fourth-order valence-corrected chi connectivity index (χ4v) is 2.34. The van der Waals surface area contributed by atoms with E-state index in [2.05, 4.69) is 13.8 Å². The Bertz CT molecular complexity index is 583. The number of halogens is 3. The quantitative estimate of drug-likeness (QED) is 0.703. The van der Waals surface area contributed by atoms with Crippen molar-refractivity contribution < 1.29 is 13.2 Å². The van der Waals surface area contributed by atoms with Crippen molar-refractivity contribution in [2.75, 3.05) is 0 Å². The monoisotopic (exact) mass is 278 g/mol. The van der Waals surface area contributed by atoms with Crippen molar-refractivity contribution in [2.24, 2.45) is 0 Å². The van der Waals surface area contributed by atoms with Gasteiger partial charge in [0.2, 0.25) is 0 Å². The van der Waals surface area contributed by atoms with E-state index in [1.807, 2.05) is 24.3 Å². The third-order valence-electron chi connectivity index (χ3n) is 3.33. The normalized spacial score (nSPS) is 11.9. The number of alkyl halides is 3. The van der Waals surface area contributed by atoms with Gasteiger partial charge in [0.05, 0.1) is 5.56 Å². The van der Waals surface area contributed by atoms with E-state index < -0.39 is 11.7 Å². The summed E-state index contributed by atoms with van der Waals surface area (Å²) in [6, 6.07) is 13.5.